The van der Waals surface area contributed by atoms with Gasteiger partial charge in [-0.15, -0.1) is 0 Å². The van der Waals surface area contributed by atoms with Crippen LogP contribution in [0.25, 0.3) is 0 Å². The first-order chi connectivity index (χ1) is 13.4. The Morgan fingerprint density at radius 1 is 1.18 bits per heavy atom. The van der Waals surface area contributed by atoms with Gasteiger partial charge in [0.15, 0.2) is 6.29 Å². The molecule has 0 atom stereocenters. The minimum absolute atomic E-state index is 0.526. The van der Waals surface area contributed by atoms with Crippen molar-refractivity contribution in [3.63, 3.8) is 0 Å². The quantitative estimate of drug-likeness (QED) is 0.153. The second-order valence-corrected chi connectivity index (χ2v) is 8.10. The first-order valence-corrected chi connectivity index (χ1v) is 10.5. The largest absolute Gasteiger partial charge is 0.369 e. The number of aliphatic imine (C=N–C) groups is 1. The van der Waals surface area contributed by atoms with Gasteiger partial charge in [0.1, 0.15) is 0 Å². The van der Waals surface area contributed by atoms with Crippen LogP contribution in [0.5, 0.6) is 0 Å². The van der Waals surface area contributed by atoms with Crippen LogP contribution in [0.4, 0.5) is 22.7 Å². The molecule has 0 bridgehead atoms. The number of aldehydes is 1. The Morgan fingerprint density at radius 2 is 1.89 bits per heavy atom. The smallest absolute Gasteiger partial charge is 0.152 e. The van der Waals surface area contributed by atoms with Crippen LogP contribution < -0.4 is 10.0 Å². The number of nitrogens with zero attached hydrogens (tertiary/aromatic N) is 2. The molecule has 2 aromatic carbocycles. The van der Waals surface area contributed by atoms with Crippen molar-refractivity contribution in [1.29, 1.82) is 0 Å². The molecule has 0 aromatic heterocycles. The van der Waals surface area contributed by atoms with Crippen LogP contribution >= 0.6 is 35.1 Å². The predicted molar refractivity (Wildman–Crippen MR) is 125 cm³/mol. The van der Waals surface area contributed by atoms with Crippen molar-refractivity contribution >= 4 is 70.5 Å². The second-order valence-electron chi connectivity index (χ2n) is 6.39. The van der Waals surface area contributed by atoms with Crippen LogP contribution in [0.1, 0.15) is 29.3 Å². The van der Waals surface area contributed by atoms with E-state index in [1.54, 1.807) is 36.5 Å². The fraction of sp³-hybridized carbons (Fsp3) is 0.300. The zero-order valence-electron chi connectivity index (χ0n) is 16.3. The lowest BCUT2D eigenvalue weighted by Crippen LogP contribution is -2.07. The van der Waals surface area contributed by atoms with Gasteiger partial charge in [-0.05, 0) is 43.2 Å². The molecule has 2 aromatic rings. The maximum atomic E-state index is 11.6. The number of benzene rings is 2. The molecule has 0 saturated carbocycles. The molecule has 2 rings (SSSR count). The number of nitrogens with one attached hydrogen (secondary N) is 2. The van der Waals surface area contributed by atoms with E-state index in [0.717, 1.165) is 35.4 Å². The molecule has 0 radical (unpaired) electrons. The van der Waals surface area contributed by atoms with Crippen LogP contribution in [-0.4, -0.2) is 37.4 Å². The van der Waals surface area contributed by atoms with E-state index in [0.29, 0.717) is 27.0 Å². The van der Waals surface area contributed by atoms with Crippen LogP contribution in [0.2, 0.25) is 10.0 Å². The average molecular weight is 439 g/mol. The molecule has 0 amide bonds. The highest BCUT2D eigenvalue weighted by Gasteiger charge is 2.13. The molecule has 0 aliphatic carbocycles. The van der Waals surface area contributed by atoms with Crippen molar-refractivity contribution in [2.75, 3.05) is 29.9 Å². The number of anilines is 3. The zero-order valence-corrected chi connectivity index (χ0v) is 18.7. The van der Waals surface area contributed by atoms with Gasteiger partial charge in [-0.3, -0.25) is 4.79 Å². The zero-order chi connectivity index (χ0) is 20.7. The van der Waals surface area contributed by atoms with Crippen molar-refractivity contribution in [2.45, 2.75) is 20.3 Å². The van der Waals surface area contributed by atoms with E-state index in [2.05, 4.69) is 22.0 Å². The van der Waals surface area contributed by atoms with Gasteiger partial charge < -0.3 is 14.9 Å². The van der Waals surface area contributed by atoms with E-state index in [9.17, 15) is 4.79 Å². The molecule has 0 unspecified atom stereocenters. The third-order valence-electron chi connectivity index (χ3n) is 3.83. The van der Waals surface area contributed by atoms with E-state index < -0.39 is 0 Å². The van der Waals surface area contributed by atoms with Gasteiger partial charge in [-0.1, -0.05) is 42.1 Å². The lowest BCUT2D eigenvalue weighted by atomic mass is 10.1. The van der Waals surface area contributed by atoms with Gasteiger partial charge in [0.25, 0.3) is 0 Å². The first-order valence-electron chi connectivity index (χ1n) is 8.80. The van der Waals surface area contributed by atoms with Gasteiger partial charge in [0, 0.05) is 36.1 Å². The number of halogens is 2. The van der Waals surface area contributed by atoms with Gasteiger partial charge >= 0.3 is 0 Å². The summed E-state index contributed by atoms with van der Waals surface area (Å²) in [7, 11) is 3.75. The molecular weight excluding hydrogens is 415 g/mol. The normalized spacial score (nSPS) is 10.9. The number of hydrogen-bond acceptors (Lipinski definition) is 5. The summed E-state index contributed by atoms with van der Waals surface area (Å²) in [5.41, 5.74) is 4.10. The van der Waals surface area contributed by atoms with Crippen molar-refractivity contribution in [1.82, 2.24) is 4.90 Å². The highest BCUT2D eigenvalue weighted by Crippen LogP contribution is 2.38. The third-order valence-corrected chi connectivity index (χ3v) is 5.43. The van der Waals surface area contributed by atoms with Gasteiger partial charge in [0.05, 0.1) is 28.4 Å². The maximum Gasteiger partial charge on any atom is 0.152 e. The average Bonchev–Trinajstić information content (AvgIpc) is 2.65. The van der Waals surface area contributed by atoms with Crippen LogP contribution in [0.15, 0.2) is 29.3 Å². The summed E-state index contributed by atoms with van der Waals surface area (Å²) in [5, 5.41) is 4.39. The molecule has 8 heteroatoms. The Labute approximate surface area is 180 Å². The highest BCUT2D eigenvalue weighted by molar-refractivity contribution is 8.00. The highest BCUT2D eigenvalue weighted by atomic mass is 35.5. The summed E-state index contributed by atoms with van der Waals surface area (Å²) < 4.78 is 3.23. The second kappa shape index (κ2) is 10.6. The minimum atomic E-state index is 0.526. The summed E-state index contributed by atoms with van der Waals surface area (Å²) in [4.78, 5) is 17.8. The van der Waals surface area contributed by atoms with Crippen LogP contribution in [0, 0.1) is 6.92 Å². The lowest BCUT2D eigenvalue weighted by Gasteiger charge is -2.16. The standard InChI is InChI=1S/C20H24Cl2N4OS/c1-5-8-28-25-19-10-14(21)9-18(20(19)22)24-16-6-7-17(23-12-26(3)4)15(11-27)13(16)2/h6-7,9-12,24-25H,5,8H2,1-4H3. The Hall–Kier alpha value is -1.89. The Morgan fingerprint density at radius 3 is 2.54 bits per heavy atom. The molecule has 0 spiro atoms. The van der Waals surface area contributed by atoms with Crippen molar-refractivity contribution < 1.29 is 4.79 Å². The Balaban J connectivity index is 2.36. The molecule has 2 N–H and O–H groups in total. The molecule has 0 fully saturated rings. The number of rotatable bonds is 9. The molecule has 0 aliphatic heterocycles. The van der Waals surface area contributed by atoms with E-state index in [4.69, 9.17) is 23.2 Å². The monoisotopic (exact) mass is 438 g/mol. The van der Waals surface area contributed by atoms with E-state index in [-0.39, 0.29) is 0 Å². The Bertz CT molecular complexity index is 872. The number of carbonyl (C=O) groups excluding carboxylic acids is 1. The van der Waals surface area contributed by atoms with Gasteiger partial charge in [-0.2, -0.15) is 0 Å². The molecule has 28 heavy (non-hydrogen) atoms. The third kappa shape index (κ3) is 5.80. The van der Waals surface area contributed by atoms with Crippen LogP contribution in [0.3, 0.4) is 0 Å². The predicted octanol–water partition coefficient (Wildman–Crippen LogP) is 6.55. The summed E-state index contributed by atoms with van der Waals surface area (Å²) >= 11 is 14.4. The van der Waals surface area contributed by atoms with E-state index >= 15 is 0 Å². The lowest BCUT2D eigenvalue weighted by molar-refractivity contribution is 0.112. The SMILES string of the molecule is CCCSNc1cc(Cl)cc(Nc2ccc(N=CN(C)C)c(C=O)c2C)c1Cl. The molecule has 0 heterocycles. The van der Waals surface area contributed by atoms with Crippen molar-refractivity contribution in [3.05, 3.63) is 45.4 Å². The Kier molecular flexibility index (Phi) is 8.48. The van der Waals surface area contributed by atoms with Crippen LogP contribution in [-0.2, 0) is 0 Å². The minimum Gasteiger partial charge on any atom is -0.369 e. The number of hydrogen-bond donors (Lipinski definition) is 2. The van der Waals surface area contributed by atoms with Gasteiger partial charge in [-0.25, -0.2) is 4.99 Å². The molecule has 0 saturated heterocycles. The van der Waals surface area contributed by atoms with Crippen molar-refractivity contribution in [2.24, 2.45) is 4.99 Å². The molecular formula is C20H24Cl2N4OS. The van der Waals surface area contributed by atoms with E-state index in [1.165, 1.54) is 0 Å². The maximum absolute atomic E-state index is 11.6. The topological polar surface area (TPSA) is 56.7 Å². The summed E-state index contributed by atoms with van der Waals surface area (Å²) in [6.45, 7) is 3.98. The first kappa shape index (κ1) is 22.4. The fourth-order valence-electron chi connectivity index (χ4n) is 2.42. The molecule has 0 aliphatic rings. The van der Waals surface area contributed by atoms with Crippen molar-refractivity contribution in [3.8, 4) is 0 Å². The molecule has 5 nitrogen and oxygen atoms in total. The van der Waals surface area contributed by atoms with Gasteiger partial charge in [0.2, 0.25) is 0 Å². The van der Waals surface area contributed by atoms with E-state index in [1.807, 2.05) is 32.0 Å². The number of carbonyl (C=O) groups is 1. The molecule has 150 valence electrons. The summed E-state index contributed by atoms with van der Waals surface area (Å²) in [6.07, 6.45) is 3.53. The fourth-order valence-corrected chi connectivity index (χ4v) is 3.52. The summed E-state index contributed by atoms with van der Waals surface area (Å²) in [5.74, 6) is 0.961. The summed E-state index contributed by atoms with van der Waals surface area (Å²) in [6, 6.07) is 7.23.